The quantitative estimate of drug-likeness (QED) is 0.265. The van der Waals surface area contributed by atoms with Gasteiger partial charge >= 0.3 is 0 Å². The van der Waals surface area contributed by atoms with Crippen LogP contribution in [-0.4, -0.2) is 35.5 Å². The van der Waals surface area contributed by atoms with Gasteiger partial charge in [0.1, 0.15) is 11.9 Å². The van der Waals surface area contributed by atoms with Crippen molar-refractivity contribution in [2.75, 3.05) is 4.90 Å². The van der Waals surface area contributed by atoms with Gasteiger partial charge in [-0.3, -0.25) is 14.7 Å². The summed E-state index contributed by atoms with van der Waals surface area (Å²) in [4.78, 5) is 32.4. The van der Waals surface area contributed by atoms with Crippen LogP contribution in [0.3, 0.4) is 0 Å². The molecule has 37 heavy (non-hydrogen) atoms. The number of aromatic nitrogens is 6. The lowest BCUT2D eigenvalue weighted by molar-refractivity contribution is -0.108. The number of para-hydroxylation sites is 1. The molecule has 0 N–H and O–H groups in total. The van der Waals surface area contributed by atoms with Crippen molar-refractivity contribution in [3.05, 3.63) is 109 Å². The zero-order valence-electron chi connectivity index (χ0n) is 20.0. The van der Waals surface area contributed by atoms with Crippen LogP contribution in [0.4, 0.5) is 5.13 Å². The Morgan fingerprint density at radius 1 is 1.00 bits per heavy atom. The molecule has 0 fully saturated rings. The van der Waals surface area contributed by atoms with Gasteiger partial charge in [-0.1, -0.05) is 41.7 Å². The third-order valence-electron chi connectivity index (χ3n) is 6.37. The number of anilines is 1. The Morgan fingerprint density at radius 3 is 2.57 bits per heavy atom. The highest BCUT2D eigenvalue weighted by atomic mass is 32.1. The van der Waals surface area contributed by atoms with E-state index in [1.807, 2.05) is 83.2 Å². The molecular formula is C28H23N7OS. The largest absolute Gasteiger partial charge is 0.329 e. The molecule has 0 aliphatic carbocycles. The van der Waals surface area contributed by atoms with E-state index in [1.165, 1.54) is 11.3 Å². The standard InChI is InChI=1S/C28H23N7OS/c1-33-25(20-9-11-22(12-10-20)34-15-14-29-18-34)17-31-27(33)24(16-21-6-4-5-13-30-21)35(19-36)28-32-23-7-2-3-8-26(23)37-28/h2-15,17-19,24H,16H2,1H3/t24-/m0/s1. The highest BCUT2D eigenvalue weighted by molar-refractivity contribution is 7.22. The number of hydrogen-bond donors (Lipinski definition) is 0. The highest BCUT2D eigenvalue weighted by Gasteiger charge is 2.28. The molecule has 0 bridgehead atoms. The summed E-state index contributed by atoms with van der Waals surface area (Å²) >= 11 is 1.49. The summed E-state index contributed by atoms with van der Waals surface area (Å²) in [5.41, 5.74) is 4.74. The van der Waals surface area contributed by atoms with Gasteiger partial charge in [0.25, 0.3) is 0 Å². The number of amides is 1. The monoisotopic (exact) mass is 505 g/mol. The fourth-order valence-electron chi connectivity index (χ4n) is 4.47. The molecule has 0 aliphatic heterocycles. The molecule has 0 radical (unpaired) electrons. The molecule has 4 heterocycles. The van der Waals surface area contributed by atoms with Crippen LogP contribution in [0.25, 0.3) is 27.2 Å². The summed E-state index contributed by atoms with van der Waals surface area (Å²) in [7, 11) is 1.98. The average molecular weight is 506 g/mol. The molecule has 1 atom stereocenters. The number of pyridine rings is 1. The lowest BCUT2D eigenvalue weighted by atomic mass is 10.1. The van der Waals surface area contributed by atoms with Crippen molar-refractivity contribution < 1.29 is 4.79 Å². The third kappa shape index (κ3) is 4.41. The van der Waals surface area contributed by atoms with Crippen LogP contribution in [0.5, 0.6) is 0 Å². The Morgan fingerprint density at radius 2 is 1.84 bits per heavy atom. The number of hydrogen-bond acceptors (Lipinski definition) is 6. The lowest BCUT2D eigenvalue weighted by Gasteiger charge is -2.26. The fourth-order valence-corrected chi connectivity index (χ4v) is 5.45. The number of carbonyl (C=O) groups excluding carboxylic acids is 1. The first-order valence-electron chi connectivity index (χ1n) is 11.8. The summed E-state index contributed by atoms with van der Waals surface area (Å²) < 4.78 is 5.03. The van der Waals surface area contributed by atoms with E-state index in [9.17, 15) is 4.79 Å². The highest BCUT2D eigenvalue weighted by Crippen LogP contribution is 2.35. The Balaban J connectivity index is 1.39. The van der Waals surface area contributed by atoms with Crippen LogP contribution in [0.2, 0.25) is 0 Å². The molecule has 0 saturated carbocycles. The van der Waals surface area contributed by atoms with Gasteiger partial charge in [-0.05, 0) is 42.0 Å². The number of nitrogens with zero attached hydrogens (tertiary/aromatic N) is 7. The summed E-state index contributed by atoms with van der Waals surface area (Å²) in [5, 5.41) is 0.631. The van der Waals surface area contributed by atoms with E-state index >= 15 is 0 Å². The van der Waals surface area contributed by atoms with Crippen molar-refractivity contribution in [1.29, 1.82) is 0 Å². The summed E-state index contributed by atoms with van der Waals surface area (Å²) in [6.45, 7) is 0. The van der Waals surface area contributed by atoms with Gasteiger partial charge in [0.05, 0.1) is 28.4 Å². The Hall–Kier alpha value is -4.63. The van der Waals surface area contributed by atoms with E-state index in [-0.39, 0.29) is 0 Å². The minimum atomic E-state index is -0.392. The first kappa shape index (κ1) is 22.8. The van der Waals surface area contributed by atoms with Crippen molar-refractivity contribution in [2.45, 2.75) is 12.5 Å². The van der Waals surface area contributed by atoms with E-state index in [0.717, 1.165) is 45.1 Å². The Bertz CT molecular complexity index is 1610. The molecule has 182 valence electrons. The molecule has 6 aromatic rings. The number of fused-ring (bicyclic) bond motifs is 1. The molecule has 0 unspecified atom stereocenters. The molecule has 2 aromatic carbocycles. The molecule has 6 rings (SSSR count). The lowest BCUT2D eigenvalue weighted by Crippen LogP contribution is -2.31. The molecule has 0 saturated heterocycles. The average Bonchev–Trinajstić information content (AvgIpc) is 3.69. The zero-order chi connectivity index (χ0) is 25.2. The first-order valence-corrected chi connectivity index (χ1v) is 12.6. The van der Waals surface area contributed by atoms with Crippen molar-refractivity contribution in [2.24, 2.45) is 7.05 Å². The Kier molecular flexibility index (Phi) is 6.03. The SMILES string of the molecule is Cn1c(-c2ccc(-n3ccnc3)cc2)cnc1[C@H](Cc1ccccn1)N(C=O)c1nc2ccccc2s1. The number of imidazole rings is 2. The molecule has 9 heteroatoms. The van der Waals surface area contributed by atoms with Crippen molar-refractivity contribution in [1.82, 2.24) is 29.1 Å². The predicted octanol–water partition coefficient (Wildman–Crippen LogP) is 5.22. The fraction of sp³-hybridized carbons (Fsp3) is 0.107. The van der Waals surface area contributed by atoms with Gasteiger partial charge < -0.3 is 9.13 Å². The topological polar surface area (TPSA) is 81.7 Å². The second-order valence-corrected chi connectivity index (χ2v) is 9.60. The van der Waals surface area contributed by atoms with E-state index in [4.69, 9.17) is 9.97 Å². The smallest absolute Gasteiger partial charge is 0.216 e. The number of carbonyl (C=O) groups is 1. The molecule has 0 spiro atoms. The van der Waals surface area contributed by atoms with Crippen LogP contribution in [0.1, 0.15) is 17.6 Å². The Labute approximate surface area is 217 Å². The van der Waals surface area contributed by atoms with Crippen LogP contribution in [0, 0.1) is 0 Å². The van der Waals surface area contributed by atoms with E-state index < -0.39 is 6.04 Å². The van der Waals surface area contributed by atoms with E-state index in [1.54, 1.807) is 23.6 Å². The molecule has 8 nitrogen and oxygen atoms in total. The molecule has 4 aromatic heterocycles. The van der Waals surface area contributed by atoms with Gasteiger partial charge in [0.15, 0.2) is 5.13 Å². The van der Waals surface area contributed by atoms with Gasteiger partial charge in [0, 0.05) is 43.4 Å². The second kappa shape index (κ2) is 9.79. The zero-order valence-corrected chi connectivity index (χ0v) is 20.9. The molecule has 1 amide bonds. The minimum absolute atomic E-state index is 0.392. The molecule has 0 aliphatic rings. The summed E-state index contributed by atoms with van der Waals surface area (Å²) in [6.07, 6.45) is 10.4. The van der Waals surface area contributed by atoms with Gasteiger partial charge in [-0.15, -0.1) is 0 Å². The normalized spacial score (nSPS) is 12.0. The first-order chi connectivity index (χ1) is 18.2. The maximum absolute atomic E-state index is 12.6. The second-order valence-electron chi connectivity index (χ2n) is 8.60. The van der Waals surface area contributed by atoms with Gasteiger partial charge in [-0.25, -0.2) is 15.0 Å². The minimum Gasteiger partial charge on any atom is -0.329 e. The van der Waals surface area contributed by atoms with Crippen LogP contribution in [-0.2, 0) is 18.3 Å². The summed E-state index contributed by atoms with van der Waals surface area (Å²) in [5.74, 6) is 0.755. The third-order valence-corrected chi connectivity index (χ3v) is 7.42. The van der Waals surface area contributed by atoms with Crippen LogP contribution >= 0.6 is 11.3 Å². The maximum Gasteiger partial charge on any atom is 0.216 e. The van der Waals surface area contributed by atoms with Gasteiger partial charge in [-0.2, -0.15) is 0 Å². The number of rotatable bonds is 8. The van der Waals surface area contributed by atoms with Crippen LogP contribution in [0.15, 0.2) is 97.8 Å². The van der Waals surface area contributed by atoms with Crippen LogP contribution < -0.4 is 4.90 Å². The number of thiazole rings is 1. The van der Waals surface area contributed by atoms with Crippen molar-refractivity contribution in [3.63, 3.8) is 0 Å². The number of benzene rings is 2. The van der Waals surface area contributed by atoms with Crippen molar-refractivity contribution in [3.8, 4) is 16.9 Å². The maximum atomic E-state index is 12.6. The van der Waals surface area contributed by atoms with Crippen molar-refractivity contribution >= 4 is 33.1 Å². The molecular weight excluding hydrogens is 482 g/mol. The summed E-state index contributed by atoms with van der Waals surface area (Å²) in [6, 6.07) is 21.5. The van der Waals surface area contributed by atoms with E-state index in [0.29, 0.717) is 11.6 Å². The van der Waals surface area contributed by atoms with Gasteiger partial charge in [0.2, 0.25) is 6.41 Å². The van der Waals surface area contributed by atoms with E-state index in [2.05, 4.69) is 22.1 Å². The predicted molar refractivity (Wildman–Crippen MR) is 145 cm³/mol.